The van der Waals surface area contributed by atoms with Crippen molar-refractivity contribution in [1.82, 2.24) is 14.7 Å². The second-order valence-electron chi connectivity index (χ2n) is 9.62. The molecule has 186 valence electrons. The van der Waals surface area contributed by atoms with Gasteiger partial charge in [0.15, 0.2) is 0 Å². The molecule has 0 aliphatic carbocycles. The Morgan fingerprint density at radius 2 is 1.59 bits per heavy atom. The number of hydrogen-bond donors (Lipinski definition) is 0. The molecule has 0 N–H and O–H groups in total. The number of carbonyl (C=O) groups is 3. The lowest BCUT2D eigenvalue weighted by Crippen LogP contribution is -2.57. The molecule has 0 radical (unpaired) electrons. The Hall–Kier alpha value is -2.61. The first kappa shape index (κ1) is 24.5. The molecule has 3 saturated heterocycles. The van der Waals surface area contributed by atoms with Crippen LogP contribution in [0, 0.1) is 0 Å². The molecule has 1 aromatic carbocycles. The van der Waals surface area contributed by atoms with E-state index in [1.165, 1.54) is 0 Å². The number of benzene rings is 1. The number of anilines is 1. The monoisotopic (exact) mass is 470 g/mol. The van der Waals surface area contributed by atoms with Crippen molar-refractivity contribution in [3.63, 3.8) is 0 Å². The van der Waals surface area contributed by atoms with Crippen LogP contribution in [0.4, 0.5) is 5.69 Å². The number of morpholine rings is 1. The van der Waals surface area contributed by atoms with Crippen LogP contribution in [-0.4, -0.2) is 90.6 Å². The second-order valence-corrected chi connectivity index (χ2v) is 9.62. The molecule has 3 fully saturated rings. The Morgan fingerprint density at radius 1 is 0.912 bits per heavy atom. The van der Waals surface area contributed by atoms with Gasteiger partial charge in [0.2, 0.25) is 11.8 Å². The van der Waals surface area contributed by atoms with Crippen molar-refractivity contribution in [2.75, 3.05) is 57.5 Å². The number of amides is 3. The van der Waals surface area contributed by atoms with E-state index in [-0.39, 0.29) is 24.3 Å². The number of rotatable bonds is 8. The third-order valence-corrected chi connectivity index (χ3v) is 7.46. The van der Waals surface area contributed by atoms with E-state index in [1.807, 2.05) is 35.2 Å². The first-order valence-electron chi connectivity index (χ1n) is 12.8. The van der Waals surface area contributed by atoms with Crippen molar-refractivity contribution in [2.45, 2.75) is 57.4 Å². The van der Waals surface area contributed by atoms with Gasteiger partial charge < -0.3 is 24.3 Å². The average molecular weight is 471 g/mol. The summed E-state index contributed by atoms with van der Waals surface area (Å²) in [6.45, 7) is 6.03. The molecule has 8 nitrogen and oxygen atoms in total. The predicted octanol–water partition coefficient (Wildman–Crippen LogP) is 2.48. The lowest BCUT2D eigenvalue weighted by Gasteiger charge is -2.43. The van der Waals surface area contributed by atoms with Crippen LogP contribution < -0.4 is 4.90 Å². The maximum absolute atomic E-state index is 13.8. The van der Waals surface area contributed by atoms with Gasteiger partial charge in [0.1, 0.15) is 12.1 Å². The van der Waals surface area contributed by atoms with Crippen LogP contribution in [0.25, 0.3) is 0 Å². The molecule has 4 rings (SSSR count). The van der Waals surface area contributed by atoms with Crippen LogP contribution in [0.1, 0.15) is 51.9 Å². The number of nitrogens with zero attached hydrogens (tertiary/aromatic N) is 4. The zero-order valence-corrected chi connectivity index (χ0v) is 20.4. The first-order valence-corrected chi connectivity index (χ1v) is 12.8. The van der Waals surface area contributed by atoms with Crippen LogP contribution in [0.15, 0.2) is 30.3 Å². The minimum Gasteiger partial charge on any atom is -0.378 e. The number of hydrogen-bond acceptors (Lipinski definition) is 5. The van der Waals surface area contributed by atoms with E-state index < -0.39 is 5.54 Å². The average Bonchev–Trinajstić information content (AvgIpc) is 3.14. The number of piperidine rings is 1. The van der Waals surface area contributed by atoms with E-state index in [4.69, 9.17) is 4.74 Å². The molecule has 1 aromatic rings. The van der Waals surface area contributed by atoms with Crippen molar-refractivity contribution in [2.24, 2.45) is 0 Å². The van der Waals surface area contributed by atoms with Crippen molar-refractivity contribution < 1.29 is 19.1 Å². The molecule has 3 aliphatic rings. The van der Waals surface area contributed by atoms with Gasteiger partial charge in [-0.2, -0.15) is 0 Å². The normalized spacial score (nSPS) is 20.3. The molecule has 0 unspecified atom stereocenters. The molecule has 8 heteroatoms. The molecular weight excluding hydrogens is 432 g/mol. The van der Waals surface area contributed by atoms with Gasteiger partial charge in [-0.1, -0.05) is 44.4 Å². The fourth-order valence-electron chi connectivity index (χ4n) is 5.39. The van der Waals surface area contributed by atoms with Gasteiger partial charge >= 0.3 is 0 Å². The fourth-order valence-corrected chi connectivity index (χ4v) is 5.39. The predicted molar refractivity (Wildman–Crippen MR) is 130 cm³/mol. The third-order valence-electron chi connectivity index (χ3n) is 7.46. The number of likely N-dealkylation sites (tertiary alicyclic amines) is 1. The first-order chi connectivity index (χ1) is 16.5. The highest BCUT2D eigenvalue weighted by Gasteiger charge is 2.54. The molecule has 0 saturated carbocycles. The number of unbranched alkanes of at least 4 members (excludes halogenated alkanes) is 3. The molecule has 3 amide bonds. The highest BCUT2D eigenvalue weighted by Crippen LogP contribution is 2.39. The summed E-state index contributed by atoms with van der Waals surface area (Å²) in [4.78, 5) is 47.0. The largest absolute Gasteiger partial charge is 0.378 e. The fraction of sp³-hybridized carbons (Fsp3) is 0.654. The number of ether oxygens (including phenoxy) is 1. The maximum Gasteiger partial charge on any atom is 0.250 e. The van der Waals surface area contributed by atoms with Crippen LogP contribution in [-0.2, 0) is 19.1 Å². The van der Waals surface area contributed by atoms with Gasteiger partial charge in [-0.25, -0.2) is 0 Å². The SMILES string of the molecule is CCCCCCC(=O)N1CCC2(CC1)C(=O)N(CC(=O)N1CCOCC1)CN2c1ccccc1. The molecule has 3 aliphatic heterocycles. The Bertz CT molecular complexity index is 848. The maximum atomic E-state index is 13.8. The summed E-state index contributed by atoms with van der Waals surface area (Å²) in [5.41, 5.74) is 0.280. The quantitative estimate of drug-likeness (QED) is 0.546. The summed E-state index contributed by atoms with van der Waals surface area (Å²) < 4.78 is 5.36. The highest BCUT2D eigenvalue weighted by atomic mass is 16.5. The zero-order chi connectivity index (χ0) is 24.0. The summed E-state index contributed by atoms with van der Waals surface area (Å²) in [6.07, 6.45) is 6.10. The lowest BCUT2D eigenvalue weighted by molar-refractivity contribution is -0.143. The van der Waals surface area contributed by atoms with Crippen LogP contribution in [0.2, 0.25) is 0 Å². The Kier molecular flexibility index (Phi) is 8.08. The van der Waals surface area contributed by atoms with Crippen molar-refractivity contribution in [3.8, 4) is 0 Å². The standard InChI is InChI=1S/C26H38N4O4/c1-2-3-4-8-11-23(31)27-14-12-26(13-15-27)25(33)29(20-24(32)28-16-18-34-19-17-28)21-30(26)22-9-6-5-7-10-22/h5-7,9-10H,2-4,8,11-21H2,1H3. The summed E-state index contributed by atoms with van der Waals surface area (Å²) in [7, 11) is 0. The minimum atomic E-state index is -0.703. The van der Waals surface area contributed by atoms with E-state index in [9.17, 15) is 14.4 Å². The summed E-state index contributed by atoms with van der Waals surface area (Å²) in [5.74, 6) is 0.177. The third kappa shape index (κ3) is 5.22. The van der Waals surface area contributed by atoms with E-state index in [1.54, 1.807) is 9.80 Å². The van der Waals surface area contributed by atoms with Crippen molar-refractivity contribution in [1.29, 1.82) is 0 Å². The minimum absolute atomic E-state index is 0.00741. The lowest BCUT2D eigenvalue weighted by atomic mass is 9.85. The molecule has 3 heterocycles. The smallest absolute Gasteiger partial charge is 0.250 e. The van der Waals surface area contributed by atoms with E-state index in [2.05, 4.69) is 11.8 Å². The Morgan fingerprint density at radius 3 is 2.26 bits per heavy atom. The molecule has 0 bridgehead atoms. The molecule has 0 atom stereocenters. The summed E-state index contributed by atoms with van der Waals surface area (Å²) in [5, 5.41) is 0. The van der Waals surface area contributed by atoms with E-state index >= 15 is 0 Å². The zero-order valence-electron chi connectivity index (χ0n) is 20.4. The van der Waals surface area contributed by atoms with Crippen molar-refractivity contribution in [3.05, 3.63) is 30.3 Å². The number of carbonyl (C=O) groups excluding carboxylic acids is 3. The molecule has 34 heavy (non-hydrogen) atoms. The van der Waals surface area contributed by atoms with E-state index in [0.717, 1.165) is 31.4 Å². The van der Waals surface area contributed by atoms with Gasteiger partial charge in [0.25, 0.3) is 5.91 Å². The topological polar surface area (TPSA) is 73.4 Å². The molecule has 1 spiro atoms. The van der Waals surface area contributed by atoms with Gasteiger partial charge in [-0.15, -0.1) is 0 Å². The van der Waals surface area contributed by atoms with Crippen LogP contribution in [0.5, 0.6) is 0 Å². The number of para-hydroxylation sites is 1. The Labute approximate surface area is 202 Å². The van der Waals surface area contributed by atoms with Gasteiger partial charge in [0, 0.05) is 38.3 Å². The highest BCUT2D eigenvalue weighted by molar-refractivity contribution is 5.96. The second kappa shape index (κ2) is 11.2. The van der Waals surface area contributed by atoms with E-state index in [0.29, 0.717) is 65.3 Å². The van der Waals surface area contributed by atoms with Gasteiger partial charge in [0.05, 0.1) is 19.9 Å². The molecule has 0 aromatic heterocycles. The summed E-state index contributed by atoms with van der Waals surface area (Å²) >= 11 is 0. The van der Waals surface area contributed by atoms with Crippen LogP contribution in [0.3, 0.4) is 0 Å². The van der Waals surface area contributed by atoms with Crippen LogP contribution >= 0.6 is 0 Å². The van der Waals surface area contributed by atoms with Gasteiger partial charge in [-0.05, 0) is 31.4 Å². The molecular formula is C26H38N4O4. The Balaban J connectivity index is 1.45. The van der Waals surface area contributed by atoms with Crippen molar-refractivity contribution >= 4 is 23.4 Å². The summed E-state index contributed by atoms with van der Waals surface area (Å²) in [6, 6.07) is 9.96. The van der Waals surface area contributed by atoms with Gasteiger partial charge in [-0.3, -0.25) is 14.4 Å².